The van der Waals surface area contributed by atoms with E-state index in [9.17, 15) is 20.2 Å². The summed E-state index contributed by atoms with van der Waals surface area (Å²) in [4.78, 5) is 7.37. The van der Waals surface area contributed by atoms with Crippen LogP contribution in [0.5, 0.6) is 5.75 Å². The minimum absolute atomic E-state index is 0.0549. The zero-order valence-corrected chi connectivity index (χ0v) is 28.4. The van der Waals surface area contributed by atoms with Crippen molar-refractivity contribution in [3.8, 4) is 5.75 Å². The third-order valence-corrected chi connectivity index (χ3v) is 6.29. The van der Waals surface area contributed by atoms with Gasteiger partial charge in [-0.1, -0.05) is 57.3 Å². The Hall–Kier alpha value is -2.08. The summed E-state index contributed by atoms with van der Waals surface area (Å²) >= 11 is 0.890. The van der Waals surface area contributed by atoms with Crippen molar-refractivity contribution in [1.29, 1.82) is 0 Å². The number of phenols is 1. The maximum atomic E-state index is 14.5. The Morgan fingerprint density at radius 3 is 2.40 bits per heavy atom. The molecule has 2 N–H and O–H groups in total. The molecule has 2 aromatic carbocycles. The SMILES string of the molecule is C=[C-]/C=C\N=C(C)CCC.CCCCc1c(C(C)c2ccc(C)c(F)c2F)[nH]c2c(O)cc(Cl)cc12.[F][U]([F])[F]. The van der Waals surface area contributed by atoms with Crippen LogP contribution >= 0.6 is 11.6 Å². The first-order chi connectivity index (χ1) is 18.9. The second-order valence-electron chi connectivity index (χ2n) is 9.14. The zero-order valence-electron chi connectivity index (χ0n) is 23.4. The Labute approximate surface area is 251 Å². The monoisotopic (exact) mass is 808 g/mol. The number of aliphatic imine (C=N–C) groups is 1. The molecule has 3 nitrogen and oxygen atoms in total. The Kier molecular flexibility index (Phi) is 16.5. The first kappa shape index (κ1) is 35.9. The number of unbranched alkanes of at least 4 members (excludes halogenated alkanes) is 1. The van der Waals surface area contributed by atoms with Crippen LogP contribution in [-0.4, -0.2) is 15.8 Å². The number of aromatic nitrogens is 1. The normalized spacial score (nSPS) is 12.0. The molecule has 0 saturated carbocycles. The fraction of sp³-hybridized carbons (Fsp3) is 0.367. The number of aromatic amines is 1. The average molecular weight is 809 g/mol. The van der Waals surface area contributed by atoms with E-state index >= 15 is 0 Å². The number of hydrogen-bond acceptors (Lipinski definition) is 2. The van der Waals surface area contributed by atoms with Crippen molar-refractivity contribution in [3.63, 3.8) is 0 Å². The van der Waals surface area contributed by atoms with Crippen molar-refractivity contribution < 1.29 is 48.3 Å². The van der Waals surface area contributed by atoms with Crippen LogP contribution in [0.2, 0.25) is 5.02 Å². The Morgan fingerprint density at radius 1 is 1.18 bits per heavy atom. The van der Waals surface area contributed by atoms with Gasteiger partial charge in [0.05, 0.1) is 5.52 Å². The number of aryl methyl sites for hydroxylation is 2. The molecule has 1 unspecified atom stereocenters. The molecule has 0 bridgehead atoms. The predicted octanol–water partition coefficient (Wildman–Crippen LogP) is 10.6. The van der Waals surface area contributed by atoms with Gasteiger partial charge in [0.1, 0.15) is 5.75 Å². The fourth-order valence-corrected chi connectivity index (χ4v) is 4.32. The summed E-state index contributed by atoms with van der Waals surface area (Å²) < 4.78 is 58.2. The molecule has 10 heteroatoms. The van der Waals surface area contributed by atoms with Crippen LogP contribution in [-0.2, 0) is 6.42 Å². The standard InChI is InChI=1S/C21H22ClF2NO.C9H14N.3FH.U/c1-4-5-6-15-16-9-13(22)10-17(26)21(16)25-20(15)12(3)14-8-7-11(2)18(23)19(14)24;1-4-6-8-10-9(3)7-5-2;;;;/h7-10,12,25-26H,4-6H2,1-3H3;6,8H,1,5,7H2,2-3H3;3*1H;/q;-1;;;;+3/p-3/b;8-6-,10-9?;;;;. The van der Waals surface area contributed by atoms with Gasteiger partial charge in [-0.3, -0.25) is 6.08 Å². The van der Waals surface area contributed by atoms with Gasteiger partial charge in [-0.05, 0) is 61.6 Å². The third-order valence-electron chi connectivity index (χ3n) is 6.08. The molecule has 0 aliphatic rings. The summed E-state index contributed by atoms with van der Waals surface area (Å²) in [5, 5.41) is 11.5. The molecule has 0 saturated heterocycles. The van der Waals surface area contributed by atoms with Crippen LogP contribution in [0.4, 0.5) is 15.1 Å². The number of hydrogen-bond donors (Lipinski definition) is 2. The molecule has 0 aliphatic carbocycles. The Morgan fingerprint density at radius 2 is 1.82 bits per heavy atom. The second kappa shape index (κ2) is 18.4. The van der Waals surface area contributed by atoms with E-state index in [4.69, 9.17) is 11.6 Å². The number of rotatable bonds is 9. The molecule has 0 radical (unpaired) electrons. The van der Waals surface area contributed by atoms with E-state index in [1.165, 1.54) is 6.07 Å². The maximum absolute atomic E-state index is 14.5. The van der Waals surface area contributed by atoms with Crippen molar-refractivity contribution >= 4 is 28.2 Å². The molecule has 0 spiro atoms. The van der Waals surface area contributed by atoms with E-state index in [-0.39, 0.29) is 17.2 Å². The Balaban J connectivity index is 0.000000477. The molecule has 0 amide bonds. The minimum atomic E-state index is -5.23. The van der Waals surface area contributed by atoms with Gasteiger partial charge in [0.2, 0.25) is 0 Å². The molecule has 40 heavy (non-hydrogen) atoms. The van der Waals surface area contributed by atoms with Gasteiger partial charge in [0.15, 0.2) is 11.6 Å². The summed E-state index contributed by atoms with van der Waals surface area (Å²) in [6.45, 7) is 13.1. The first-order valence-electron chi connectivity index (χ1n) is 12.9. The summed E-state index contributed by atoms with van der Waals surface area (Å²) in [5.74, 6) is -1.96. The number of halogens is 6. The number of fused-ring (bicyclic) bond motifs is 1. The van der Waals surface area contributed by atoms with Crippen LogP contribution in [0, 0.1) is 52.7 Å². The number of benzene rings is 2. The van der Waals surface area contributed by atoms with Crippen molar-refractivity contribution in [3.05, 3.63) is 88.2 Å². The quantitative estimate of drug-likeness (QED) is 0.0962. The molecular weight excluding hydrogens is 773 g/mol. The van der Waals surface area contributed by atoms with Crippen molar-refractivity contribution in [2.45, 2.75) is 72.6 Å². The molecule has 1 aromatic heterocycles. The van der Waals surface area contributed by atoms with Crippen molar-refractivity contribution in [2.24, 2.45) is 4.99 Å². The number of allylic oxidation sites excluding steroid dienone is 2. The van der Waals surface area contributed by atoms with Crippen LogP contribution in [0.1, 0.15) is 81.7 Å². The van der Waals surface area contributed by atoms with Gasteiger partial charge in [-0.15, -0.1) is 6.20 Å². The second-order valence-corrected chi connectivity index (χ2v) is 11.4. The van der Waals surface area contributed by atoms with Crippen LogP contribution in [0.15, 0.2) is 48.1 Å². The molecule has 0 aliphatic heterocycles. The molecule has 1 atom stereocenters. The molecule has 219 valence electrons. The summed E-state index contributed by atoms with van der Waals surface area (Å²) in [7, 11) is 0. The van der Waals surface area contributed by atoms with E-state index in [1.807, 2.05) is 13.8 Å². The van der Waals surface area contributed by atoms with Crippen LogP contribution in [0.3, 0.4) is 0 Å². The number of H-pyrrole nitrogens is 1. The van der Waals surface area contributed by atoms with E-state index in [1.54, 1.807) is 37.4 Å². The van der Waals surface area contributed by atoms with E-state index in [0.717, 1.165) is 54.5 Å². The fourth-order valence-electron chi connectivity index (χ4n) is 4.10. The molecule has 3 rings (SSSR count). The molecule has 1 heterocycles. The van der Waals surface area contributed by atoms with E-state index in [2.05, 4.69) is 36.5 Å². The van der Waals surface area contributed by atoms with Crippen molar-refractivity contribution in [1.82, 2.24) is 4.98 Å². The van der Waals surface area contributed by atoms with Crippen molar-refractivity contribution in [2.75, 3.05) is 0 Å². The predicted molar refractivity (Wildman–Crippen MR) is 152 cm³/mol. The molecular formula is C30H36ClF5N2OU-. The molecule has 3 aromatic rings. The summed E-state index contributed by atoms with van der Waals surface area (Å²) in [6.07, 6.45) is 11.0. The van der Waals surface area contributed by atoms with Gasteiger partial charge in [-0.25, -0.2) is 14.9 Å². The van der Waals surface area contributed by atoms with Gasteiger partial charge in [0, 0.05) is 28.1 Å². The number of phenolic OH excluding ortho intramolecular Hbond substituents is 1. The van der Waals surface area contributed by atoms with Gasteiger partial charge < -0.3 is 15.1 Å². The van der Waals surface area contributed by atoms with Gasteiger partial charge in [0.25, 0.3) is 0 Å². The third kappa shape index (κ3) is 11.1. The van der Waals surface area contributed by atoms with E-state index < -0.39 is 39.7 Å². The first-order valence-corrected chi connectivity index (χ1v) is 18.0. The summed E-state index contributed by atoms with van der Waals surface area (Å²) in [6, 6.07) is 6.50. The Bertz CT molecular complexity index is 1300. The number of aromatic hydroxyl groups is 1. The zero-order chi connectivity index (χ0) is 30.4. The summed E-state index contributed by atoms with van der Waals surface area (Å²) in [5.41, 5.74) is 4.10. The van der Waals surface area contributed by atoms with Crippen LogP contribution in [0.25, 0.3) is 10.9 Å². The van der Waals surface area contributed by atoms with E-state index in [0.29, 0.717) is 16.1 Å². The van der Waals surface area contributed by atoms with Gasteiger partial charge >= 0.3 is 34.4 Å². The average Bonchev–Trinajstić information content (AvgIpc) is 3.25. The van der Waals surface area contributed by atoms with Crippen LogP contribution < -0.4 is 0 Å². The number of nitrogens with zero attached hydrogens (tertiary/aromatic N) is 1. The molecule has 0 fully saturated rings. The topological polar surface area (TPSA) is 48.4 Å². The van der Waals surface area contributed by atoms with Gasteiger partial charge in [-0.2, -0.15) is 6.58 Å². The number of nitrogens with one attached hydrogen (secondary N) is 1.